The predicted octanol–water partition coefficient (Wildman–Crippen LogP) is 1.67. The molecule has 0 spiro atoms. The Morgan fingerprint density at radius 1 is 1.11 bits per heavy atom. The van der Waals surface area contributed by atoms with E-state index < -0.39 is 0 Å². The van der Waals surface area contributed by atoms with Gasteiger partial charge in [0, 0.05) is 6.20 Å². The monoisotopic (exact) mass is 236 g/mol. The highest BCUT2D eigenvalue weighted by Crippen LogP contribution is 2.23. The van der Waals surface area contributed by atoms with Crippen LogP contribution in [0.2, 0.25) is 0 Å². The van der Waals surface area contributed by atoms with Gasteiger partial charge in [-0.05, 0) is 18.2 Å². The number of hydrogen-bond donors (Lipinski definition) is 1. The summed E-state index contributed by atoms with van der Waals surface area (Å²) in [7, 11) is 0. The van der Waals surface area contributed by atoms with Crippen molar-refractivity contribution in [3.8, 4) is 11.4 Å². The Morgan fingerprint density at radius 2 is 2.06 bits per heavy atom. The summed E-state index contributed by atoms with van der Waals surface area (Å²) >= 11 is 0. The van der Waals surface area contributed by atoms with Gasteiger partial charge in [-0.3, -0.25) is 9.50 Å². The maximum absolute atomic E-state index is 4.62. The van der Waals surface area contributed by atoms with E-state index in [4.69, 9.17) is 0 Å². The molecular formula is C12H8N6. The molecule has 18 heavy (non-hydrogen) atoms. The van der Waals surface area contributed by atoms with E-state index in [0.717, 1.165) is 28.1 Å². The zero-order valence-electron chi connectivity index (χ0n) is 9.28. The van der Waals surface area contributed by atoms with Crippen molar-refractivity contribution >= 4 is 16.7 Å². The standard InChI is InChI=1S/C12H8N6/c1-2-4-10-8(3-1)15-11(9-5-6-13-16-9)12-17-14-7-18(10)12/h1-7H,(H,13,16). The number of nitrogens with zero attached hydrogens (tertiary/aromatic N) is 5. The van der Waals surface area contributed by atoms with Crippen LogP contribution in [0.1, 0.15) is 0 Å². The first kappa shape index (κ1) is 9.29. The summed E-state index contributed by atoms with van der Waals surface area (Å²) in [5.41, 5.74) is 4.19. The molecule has 6 nitrogen and oxygen atoms in total. The number of aromatic nitrogens is 6. The van der Waals surface area contributed by atoms with E-state index >= 15 is 0 Å². The number of aromatic amines is 1. The van der Waals surface area contributed by atoms with Crippen LogP contribution in [0.4, 0.5) is 0 Å². The highest BCUT2D eigenvalue weighted by atomic mass is 15.2. The Hall–Kier alpha value is -2.76. The molecular weight excluding hydrogens is 228 g/mol. The molecule has 0 atom stereocenters. The lowest BCUT2D eigenvalue weighted by Crippen LogP contribution is -1.95. The van der Waals surface area contributed by atoms with Crippen molar-refractivity contribution in [2.75, 3.05) is 0 Å². The molecule has 6 heteroatoms. The predicted molar refractivity (Wildman–Crippen MR) is 65.9 cm³/mol. The molecule has 0 aliphatic carbocycles. The Balaban J connectivity index is 2.21. The molecule has 4 rings (SSSR count). The van der Waals surface area contributed by atoms with E-state index in [0.29, 0.717) is 0 Å². The van der Waals surface area contributed by atoms with Crippen LogP contribution < -0.4 is 0 Å². The second-order valence-corrected chi connectivity index (χ2v) is 3.94. The minimum Gasteiger partial charge on any atom is -0.278 e. The summed E-state index contributed by atoms with van der Waals surface area (Å²) in [6.07, 6.45) is 3.39. The average molecular weight is 236 g/mol. The van der Waals surface area contributed by atoms with Crippen molar-refractivity contribution in [3.63, 3.8) is 0 Å². The minimum atomic E-state index is 0.720. The Labute approximate surface area is 101 Å². The smallest absolute Gasteiger partial charge is 0.189 e. The van der Waals surface area contributed by atoms with E-state index in [1.54, 1.807) is 12.5 Å². The fourth-order valence-electron chi connectivity index (χ4n) is 2.07. The van der Waals surface area contributed by atoms with Gasteiger partial charge in [-0.25, -0.2) is 4.98 Å². The molecule has 0 bridgehead atoms. The van der Waals surface area contributed by atoms with Crippen molar-refractivity contribution in [3.05, 3.63) is 42.9 Å². The lowest BCUT2D eigenvalue weighted by molar-refractivity contribution is 1.08. The SMILES string of the molecule is c1ccc2c(c1)nc(-c1ccn[nH]1)c1nncn12. The maximum Gasteiger partial charge on any atom is 0.189 e. The van der Waals surface area contributed by atoms with E-state index in [1.165, 1.54) is 0 Å². The minimum absolute atomic E-state index is 0.720. The van der Waals surface area contributed by atoms with E-state index in [2.05, 4.69) is 25.4 Å². The van der Waals surface area contributed by atoms with Crippen LogP contribution >= 0.6 is 0 Å². The summed E-state index contributed by atoms with van der Waals surface area (Å²) in [5.74, 6) is 0. The largest absolute Gasteiger partial charge is 0.278 e. The number of benzene rings is 1. The van der Waals surface area contributed by atoms with Gasteiger partial charge >= 0.3 is 0 Å². The summed E-state index contributed by atoms with van der Waals surface area (Å²) in [6, 6.07) is 9.76. The second kappa shape index (κ2) is 3.36. The zero-order chi connectivity index (χ0) is 11.9. The van der Waals surface area contributed by atoms with Gasteiger partial charge in [0.25, 0.3) is 0 Å². The van der Waals surface area contributed by atoms with Gasteiger partial charge in [0.05, 0.1) is 16.7 Å². The Morgan fingerprint density at radius 3 is 2.94 bits per heavy atom. The second-order valence-electron chi connectivity index (χ2n) is 3.94. The first-order chi connectivity index (χ1) is 8.93. The quantitative estimate of drug-likeness (QED) is 0.545. The first-order valence-electron chi connectivity index (χ1n) is 5.52. The number of rotatable bonds is 1. The highest BCUT2D eigenvalue weighted by Gasteiger charge is 2.12. The van der Waals surface area contributed by atoms with Crippen LogP contribution in [0.15, 0.2) is 42.9 Å². The molecule has 0 aliphatic heterocycles. The molecule has 0 fully saturated rings. The van der Waals surface area contributed by atoms with Crippen LogP contribution in [0.25, 0.3) is 28.1 Å². The van der Waals surface area contributed by atoms with Crippen LogP contribution in [0, 0.1) is 0 Å². The topological polar surface area (TPSA) is 71.8 Å². The summed E-state index contributed by atoms with van der Waals surface area (Å²) in [6.45, 7) is 0. The number of hydrogen-bond acceptors (Lipinski definition) is 4. The lowest BCUT2D eigenvalue weighted by atomic mass is 10.2. The summed E-state index contributed by atoms with van der Waals surface area (Å²) < 4.78 is 1.93. The van der Waals surface area contributed by atoms with Gasteiger partial charge in [0.1, 0.15) is 12.0 Å². The summed E-state index contributed by atoms with van der Waals surface area (Å²) in [5, 5.41) is 14.9. The van der Waals surface area contributed by atoms with Crippen molar-refractivity contribution in [2.24, 2.45) is 0 Å². The number of H-pyrrole nitrogens is 1. The third kappa shape index (κ3) is 1.17. The molecule has 0 unspecified atom stereocenters. The average Bonchev–Trinajstić information content (AvgIpc) is 3.09. The molecule has 3 aromatic heterocycles. The summed E-state index contributed by atoms with van der Waals surface area (Å²) in [4.78, 5) is 4.62. The van der Waals surface area contributed by atoms with E-state index in [-0.39, 0.29) is 0 Å². The molecule has 4 aromatic rings. The van der Waals surface area contributed by atoms with E-state index in [9.17, 15) is 0 Å². The van der Waals surface area contributed by atoms with Gasteiger partial charge < -0.3 is 0 Å². The van der Waals surface area contributed by atoms with Crippen LogP contribution in [0.5, 0.6) is 0 Å². The molecule has 1 N–H and O–H groups in total. The van der Waals surface area contributed by atoms with Crippen molar-refractivity contribution in [1.82, 2.24) is 29.8 Å². The lowest BCUT2D eigenvalue weighted by Gasteiger charge is -2.04. The fourth-order valence-corrected chi connectivity index (χ4v) is 2.07. The third-order valence-corrected chi connectivity index (χ3v) is 2.89. The van der Waals surface area contributed by atoms with Crippen molar-refractivity contribution in [2.45, 2.75) is 0 Å². The Kier molecular flexibility index (Phi) is 1.74. The molecule has 0 amide bonds. The molecule has 0 saturated carbocycles. The van der Waals surface area contributed by atoms with E-state index in [1.807, 2.05) is 34.7 Å². The molecule has 3 heterocycles. The fraction of sp³-hybridized carbons (Fsp3) is 0. The highest BCUT2D eigenvalue weighted by molar-refractivity contribution is 5.84. The number of fused-ring (bicyclic) bond motifs is 3. The van der Waals surface area contributed by atoms with Crippen LogP contribution in [-0.2, 0) is 0 Å². The van der Waals surface area contributed by atoms with Gasteiger partial charge in [-0.15, -0.1) is 10.2 Å². The Bertz CT molecular complexity index is 830. The van der Waals surface area contributed by atoms with Gasteiger partial charge in [0.15, 0.2) is 5.65 Å². The molecule has 1 aromatic carbocycles. The molecule has 86 valence electrons. The van der Waals surface area contributed by atoms with Crippen LogP contribution in [0.3, 0.4) is 0 Å². The first-order valence-corrected chi connectivity index (χ1v) is 5.52. The van der Waals surface area contributed by atoms with Gasteiger partial charge in [-0.2, -0.15) is 5.10 Å². The van der Waals surface area contributed by atoms with Crippen molar-refractivity contribution < 1.29 is 0 Å². The molecule has 0 aliphatic rings. The van der Waals surface area contributed by atoms with Gasteiger partial charge in [0.2, 0.25) is 0 Å². The molecule has 0 saturated heterocycles. The third-order valence-electron chi connectivity index (χ3n) is 2.89. The maximum atomic E-state index is 4.62. The van der Waals surface area contributed by atoms with Crippen molar-refractivity contribution in [1.29, 1.82) is 0 Å². The normalized spacial score (nSPS) is 11.3. The number of para-hydroxylation sites is 2. The molecule has 0 radical (unpaired) electrons. The van der Waals surface area contributed by atoms with Crippen LogP contribution in [-0.4, -0.2) is 29.8 Å². The number of nitrogens with one attached hydrogen (secondary N) is 1. The zero-order valence-corrected chi connectivity index (χ0v) is 9.28. The van der Waals surface area contributed by atoms with Gasteiger partial charge in [-0.1, -0.05) is 12.1 Å².